The normalized spacial score (nSPS) is 12.3. The van der Waals surface area contributed by atoms with Gasteiger partial charge < -0.3 is 15.4 Å². The van der Waals surface area contributed by atoms with E-state index in [2.05, 4.69) is 15.4 Å². The molecule has 0 aliphatic rings. The van der Waals surface area contributed by atoms with Crippen LogP contribution < -0.4 is 15.4 Å². The van der Waals surface area contributed by atoms with Crippen molar-refractivity contribution in [3.05, 3.63) is 27.7 Å². The quantitative estimate of drug-likeness (QED) is 0.801. The monoisotopic (exact) mass is 340 g/mol. The van der Waals surface area contributed by atoms with E-state index >= 15 is 0 Å². The molecule has 0 bridgehead atoms. The first kappa shape index (κ1) is 17.9. The fourth-order valence-electron chi connectivity index (χ4n) is 1.72. The zero-order chi connectivity index (χ0) is 16.0. The van der Waals surface area contributed by atoms with E-state index in [0.717, 1.165) is 0 Å². The summed E-state index contributed by atoms with van der Waals surface area (Å²) in [5.41, 5.74) is 0.290. The van der Waals surface area contributed by atoms with Crippen molar-refractivity contribution in [2.24, 2.45) is 5.92 Å². The second-order valence-corrected chi connectivity index (χ2v) is 5.27. The van der Waals surface area contributed by atoms with Crippen molar-refractivity contribution in [1.29, 1.82) is 0 Å². The molecule has 0 aliphatic heterocycles. The van der Waals surface area contributed by atoms with E-state index in [1.54, 1.807) is 14.0 Å². The van der Waals surface area contributed by atoms with E-state index < -0.39 is 6.61 Å². The highest BCUT2D eigenvalue weighted by atomic mass is 35.5. The van der Waals surface area contributed by atoms with Crippen LogP contribution in [0.15, 0.2) is 12.1 Å². The van der Waals surface area contributed by atoms with E-state index in [4.69, 9.17) is 23.2 Å². The van der Waals surface area contributed by atoms with Crippen LogP contribution in [-0.4, -0.2) is 26.1 Å². The van der Waals surface area contributed by atoms with Gasteiger partial charge in [0.05, 0.1) is 5.02 Å². The third-order valence-electron chi connectivity index (χ3n) is 2.70. The summed E-state index contributed by atoms with van der Waals surface area (Å²) in [5, 5.41) is 5.75. The number of hydrogen-bond donors (Lipinski definition) is 2. The first-order chi connectivity index (χ1) is 9.85. The van der Waals surface area contributed by atoms with Gasteiger partial charge >= 0.3 is 6.61 Å². The molecule has 8 heteroatoms. The smallest absolute Gasteiger partial charge is 0.387 e. The molecule has 0 heterocycles. The zero-order valence-electron chi connectivity index (χ0n) is 11.6. The van der Waals surface area contributed by atoms with Crippen LogP contribution in [0.5, 0.6) is 5.75 Å². The number of rotatable bonds is 7. The van der Waals surface area contributed by atoms with Crippen LogP contribution in [-0.2, 0) is 11.3 Å². The standard InChI is InChI=1S/C13H16Cl2F2N2O2/c1-7(5-18-2)12(20)19-6-8-3-9(14)4-10(15)11(8)21-13(16)17/h3-4,7,13,18H,5-6H2,1-2H3,(H,19,20). The Kier molecular flexibility index (Phi) is 7.14. The second-order valence-electron chi connectivity index (χ2n) is 4.43. The van der Waals surface area contributed by atoms with Crippen LogP contribution in [0.4, 0.5) is 8.78 Å². The van der Waals surface area contributed by atoms with Gasteiger partial charge in [-0.3, -0.25) is 4.79 Å². The molecule has 118 valence electrons. The molecule has 0 aromatic heterocycles. The minimum Gasteiger partial charge on any atom is -0.433 e. The van der Waals surface area contributed by atoms with Gasteiger partial charge in [-0.25, -0.2) is 0 Å². The summed E-state index contributed by atoms with van der Waals surface area (Å²) in [6.45, 7) is -0.771. The zero-order valence-corrected chi connectivity index (χ0v) is 13.1. The van der Waals surface area contributed by atoms with E-state index in [1.807, 2.05) is 0 Å². The van der Waals surface area contributed by atoms with Gasteiger partial charge in [0.15, 0.2) is 0 Å². The van der Waals surface area contributed by atoms with Gasteiger partial charge in [-0.05, 0) is 19.2 Å². The number of halogens is 4. The minimum atomic E-state index is -3.01. The second kappa shape index (κ2) is 8.36. The maximum atomic E-state index is 12.4. The van der Waals surface area contributed by atoms with E-state index in [9.17, 15) is 13.6 Å². The molecule has 0 aliphatic carbocycles. The Morgan fingerprint density at radius 3 is 2.62 bits per heavy atom. The van der Waals surface area contributed by atoms with E-state index in [-0.39, 0.29) is 39.7 Å². The lowest BCUT2D eigenvalue weighted by Gasteiger charge is -2.15. The summed E-state index contributed by atoms with van der Waals surface area (Å²) in [6.07, 6.45) is 0. The topological polar surface area (TPSA) is 50.4 Å². The van der Waals surface area contributed by atoms with Crippen molar-refractivity contribution in [3.8, 4) is 5.75 Å². The maximum absolute atomic E-state index is 12.4. The van der Waals surface area contributed by atoms with Gasteiger partial charge in [0.25, 0.3) is 0 Å². The lowest BCUT2D eigenvalue weighted by atomic mass is 10.1. The summed E-state index contributed by atoms with van der Waals surface area (Å²) in [7, 11) is 1.73. The number of carbonyl (C=O) groups is 1. The minimum absolute atomic E-state index is 0.00474. The molecule has 0 saturated carbocycles. The van der Waals surface area contributed by atoms with Gasteiger partial charge in [-0.15, -0.1) is 0 Å². The molecule has 1 aromatic rings. The summed E-state index contributed by atoms with van der Waals surface area (Å²) >= 11 is 11.7. The highest BCUT2D eigenvalue weighted by molar-refractivity contribution is 6.35. The summed E-state index contributed by atoms with van der Waals surface area (Å²) < 4.78 is 29.2. The highest BCUT2D eigenvalue weighted by Crippen LogP contribution is 2.33. The fourth-order valence-corrected chi connectivity index (χ4v) is 2.30. The van der Waals surface area contributed by atoms with E-state index in [1.165, 1.54) is 12.1 Å². The molecule has 1 atom stereocenters. The Balaban J connectivity index is 2.84. The first-order valence-electron chi connectivity index (χ1n) is 6.20. The van der Waals surface area contributed by atoms with Gasteiger partial charge in [0.2, 0.25) is 5.91 Å². The van der Waals surface area contributed by atoms with Crippen LogP contribution in [0.2, 0.25) is 10.0 Å². The van der Waals surface area contributed by atoms with Crippen molar-refractivity contribution < 1.29 is 18.3 Å². The lowest BCUT2D eigenvalue weighted by Crippen LogP contribution is -2.34. The number of hydrogen-bond acceptors (Lipinski definition) is 3. The average molecular weight is 341 g/mol. The molecule has 0 radical (unpaired) electrons. The van der Waals surface area contributed by atoms with Crippen LogP contribution in [0.25, 0.3) is 0 Å². The molecular formula is C13H16Cl2F2N2O2. The number of alkyl halides is 2. The Labute approximate surface area is 131 Å². The van der Waals surface area contributed by atoms with Crippen LogP contribution >= 0.6 is 23.2 Å². The van der Waals surface area contributed by atoms with Gasteiger partial charge in [0, 0.05) is 29.6 Å². The number of carbonyl (C=O) groups excluding carboxylic acids is 1. The molecule has 1 aromatic carbocycles. The predicted molar refractivity (Wildman–Crippen MR) is 78.0 cm³/mol. The largest absolute Gasteiger partial charge is 0.433 e. The molecule has 0 saturated heterocycles. The van der Waals surface area contributed by atoms with Crippen molar-refractivity contribution in [2.75, 3.05) is 13.6 Å². The van der Waals surface area contributed by atoms with Crippen molar-refractivity contribution >= 4 is 29.1 Å². The van der Waals surface area contributed by atoms with Gasteiger partial charge in [0.1, 0.15) is 5.75 Å². The number of amides is 1. The maximum Gasteiger partial charge on any atom is 0.387 e. The molecule has 0 fully saturated rings. The molecule has 1 unspecified atom stereocenters. The van der Waals surface area contributed by atoms with Crippen LogP contribution in [0, 0.1) is 5.92 Å². The molecule has 1 rings (SSSR count). The molecule has 2 N–H and O–H groups in total. The summed E-state index contributed by atoms with van der Waals surface area (Å²) in [4.78, 5) is 11.8. The molecular weight excluding hydrogens is 325 g/mol. The SMILES string of the molecule is CNCC(C)C(=O)NCc1cc(Cl)cc(Cl)c1OC(F)F. The Morgan fingerprint density at radius 1 is 1.38 bits per heavy atom. The number of ether oxygens (including phenoxy) is 1. The van der Waals surface area contributed by atoms with Crippen LogP contribution in [0.1, 0.15) is 12.5 Å². The van der Waals surface area contributed by atoms with Crippen molar-refractivity contribution in [2.45, 2.75) is 20.1 Å². The molecule has 21 heavy (non-hydrogen) atoms. The molecule has 1 amide bonds. The van der Waals surface area contributed by atoms with Gasteiger partial charge in [-0.1, -0.05) is 30.1 Å². The third kappa shape index (κ3) is 5.65. The molecule has 4 nitrogen and oxygen atoms in total. The van der Waals surface area contributed by atoms with Crippen molar-refractivity contribution in [1.82, 2.24) is 10.6 Å². The predicted octanol–water partition coefficient (Wildman–Crippen LogP) is 3.07. The summed E-state index contributed by atoms with van der Waals surface area (Å²) in [5.74, 6) is -0.662. The van der Waals surface area contributed by atoms with Crippen LogP contribution in [0.3, 0.4) is 0 Å². The van der Waals surface area contributed by atoms with E-state index in [0.29, 0.717) is 6.54 Å². The Bertz CT molecular complexity index is 501. The fraction of sp³-hybridized carbons (Fsp3) is 0.462. The summed E-state index contributed by atoms with van der Waals surface area (Å²) in [6, 6.07) is 2.73. The number of benzene rings is 1. The molecule has 0 spiro atoms. The average Bonchev–Trinajstić information content (AvgIpc) is 2.39. The van der Waals surface area contributed by atoms with Gasteiger partial charge in [-0.2, -0.15) is 8.78 Å². The van der Waals surface area contributed by atoms with Crippen molar-refractivity contribution in [3.63, 3.8) is 0 Å². The third-order valence-corrected chi connectivity index (χ3v) is 3.20. The highest BCUT2D eigenvalue weighted by Gasteiger charge is 2.17. The number of nitrogens with one attached hydrogen (secondary N) is 2. The lowest BCUT2D eigenvalue weighted by molar-refractivity contribution is -0.124. The Hall–Kier alpha value is -1.11. The Morgan fingerprint density at radius 2 is 2.05 bits per heavy atom. The first-order valence-corrected chi connectivity index (χ1v) is 6.95.